The van der Waals surface area contributed by atoms with Gasteiger partial charge in [-0.25, -0.2) is 14.4 Å². The number of nitrogens with one attached hydrogen (secondary N) is 1. The zero-order valence-corrected chi connectivity index (χ0v) is 22.1. The van der Waals surface area contributed by atoms with Crippen molar-refractivity contribution in [3.05, 3.63) is 95.7 Å². The van der Waals surface area contributed by atoms with Gasteiger partial charge in [-0.3, -0.25) is 9.79 Å². The van der Waals surface area contributed by atoms with Crippen LogP contribution in [0.2, 0.25) is 0 Å². The normalized spacial score (nSPS) is 13.6. The van der Waals surface area contributed by atoms with E-state index in [0.29, 0.717) is 29.5 Å². The number of primary amides is 1. The Kier molecular flexibility index (Phi) is 7.59. The van der Waals surface area contributed by atoms with E-state index in [2.05, 4.69) is 32.5 Å². The largest absolute Gasteiger partial charge is 0.435 e. The number of nitrogens with two attached hydrogens (primary N) is 2. The number of imidazole rings is 1. The predicted molar refractivity (Wildman–Crippen MR) is 155 cm³/mol. The van der Waals surface area contributed by atoms with E-state index in [1.54, 1.807) is 31.6 Å². The van der Waals surface area contributed by atoms with E-state index in [0.717, 1.165) is 28.7 Å². The first-order valence-corrected chi connectivity index (χ1v) is 12.9. The molecule has 1 aliphatic carbocycles. The van der Waals surface area contributed by atoms with Gasteiger partial charge in [0.25, 0.3) is 5.91 Å². The molecule has 9 nitrogen and oxygen atoms in total. The highest BCUT2D eigenvalue weighted by Crippen LogP contribution is 2.34. The molecule has 2 aromatic carbocycles. The molecule has 40 heavy (non-hydrogen) atoms. The Morgan fingerprint density at radius 3 is 2.80 bits per heavy atom. The quantitative estimate of drug-likeness (QED) is 0.229. The van der Waals surface area contributed by atoms with E-state index in [9.17, 15) is 9.18 Å². The molecule has 1 aliphatic rings. The van der Waals surface area contributed by atoms with E-state index in [1.165, 1.54) is 37.2 Å². The first kappa shape index (κ1) is 26.6. The van der Waals surface area contributed by atoms with Crippen molar-refractivity contribution in [2.75, 3.05) is 12.4 Å². The van der Waals surface area contributed by atoms with Crippen LogP contribution in [0.15, 0.2) is 78.2 Å². The Hall–Kier alpha value is -4.99. The van der Waals surface area contributed by atoms with Crippen LogP contribution in [0.1, 0.15) is 34.3 Å². The summed E-state index contributed by atoms with van der Waals surface area (Å²) in [4.78, 5) is 24.5. The van der Waals surface area contributed by atoms with E-state index in [-0.39, 0.29) is 17.2 Å². The molecule has 2 aromatic heterocycles. The van der Waals surface area contributed by atoms with Crippen molar-refractivity contribution in [2.24, 2.45) is 22.4 Å². The molecule has 0 aliphatic heterocycles. The third-order valence-electron chi connectivity index (χ3n) is 6.61. The first-order chi connectivity index (χ1) is 19.4. The van der Waals surface area contributed by atoms with Crippen molar-refractivity contribution in [1.82, 2.24) is 14.5 Å². The number of anilines is 1. The SMILES string of the molecule is C=C(Cc1ccc(Oc2ncccc2C(N)=O)c(F)c1)Nc1nc2ccc(C(C=NC)=CN)cc2n1CC1CC1. The summed E-state index contributed by atoms with van der Waals surface area (Å²) < 4.78 is 22.6. The van der Waals surface area contributed by atoms with Crippen LogP contribution >= 0.6 is 0 Å². The molecule has 5 rings (SSSR count). The number of aromatic nitrogens is 3. The molecule has 1 saturated carbocycles. The Labute approximate surface area is 231 Å². The van der Waals surface area contributed by atoms with Crippen LogP contribution in [0.25, 0.3) is 16.6 Å². The fraction of sp³-hybridized carbons (Fsp3) is 0.200. The van der Waals surface area contributed by atoms with E-state index in [1.807, 2.05) is 12.1 Å². The van der Waals surface area contributed by atoms with Gasteiger partial charge >= 0.3 is 0 Å². The van der Waals surface area contributed by atoms with Gasteiger partial charge < -0.3 is 26.1 Å². The maximum absolute atomic E-state index is 14.9. The number of rotatable bonds is 11. The van der Waals surface area contributed by atoms with Gasteiger partial charge in [-0.05, 0) is 66.3 Å². The minimum absolute atomic E-state index is 0.0542. The molecule has 0 bridgehead atoms. The number of allylic oxidation sites excluding steroid dienone is 2. The summed E-state index contributed by atoms with van der Waals surface area (Å²) in [7, 11) is 1.71. The molecule has 1 fully saturated rings. The smallest absolute Gasteiger partial charge is 0.254 e. The average molecular weight is 540 g/mol. The van der Waals surface area contributed by atoms with E-state index >= 15 is 0 Å². The summed E-state index contributed by atoms with van der Waals surface area (Å²) in [6.45, 7) is 5.00. The highest BCUT2D eigenvalue weighted by Gasteiger charge is 2.25. The zero-order chi connectivity index (χ0) is 28.2. The standard InChI is InChI=1S/C30H30FN7O2/c1-18(12-20-7-10-27(24(31)13-20)40-29-23(28(33)39)4-3-11-35-29)36-30-37-25-9-8-21(22(15-32)16-34-2)14-26(25)38(30)17-19-5-6-19/h3-4,7-11,13-16,19H,1,5-6,12,17,32H2,2H3,(H2,33,39)(H,36,37). The monoisotopic (exact) mass is 539 g/mol. The summed E-state index contributed by atoms with van der Waals surface area (Å²) in [6, 6.07) is 13.6. The molecular weight excluding hydrogens is 509 g/mol. The van der Waals surface area contributed by atoms with Gasteiger partial charge in [0.15, 0.2) is 11.6 Å². The van der Waals surface area contributed by atoms with Crippen molar-refractivity contribution in [2.45, 2.75) is 25.8 Å². The third kappa shape index (κ3) is 5.85. The van der Waals surface area contributed by atoms with Crippen LogP contribution in [0.5, 0.6) is 11.6 Å². The van der Waals surface area contributed by atoms with Gasteiger partial charge in [0, 0.05) is 49.9 Å². The molecule has 4 aromatic rings. The van der Waals surface area contributed by atoms with Gasteiger partial charge in [0.05, 0.1) is 11.0 Å². The molecule has 2 heterocycles. The Bertz CT molecular complexity index is 1650. The lowest BCUT2D eigenvalue weighted by Crippen LogP contribution is -2.13. The van der Waals surface area contributed by atoms with Crippen molar-refractivity contribution in [1.29, 1.82) is 0 Å². The summed E-state index contributed by atoms with van der Waals surface area (Å²) in [5, 5.41) is 3.34. The van der Waals surface area contributed by atoms with Gasteiger partial charge in [0.1, 0.15) is 5.56 Å². The number of amides is 1. The topological polar surface area (TPSA) is 133 Å². The van der Waals surface area contributed by atoms with Crippen molar-refractivity contribution >= 4 is 34.7 Å². The number of carbonyl (C=O) groups excluding carboxylic acids is 1. The zero-order valence-electron chi connectivity index (χ0n) is 22.1. The second kappa shape index (κ2) is 11.4. The number of fused-ring (bicyclic) bond motifs is 1. The second-order valence-corrected chi connectivity index (χ2v) is 9.69. The second-order valence-electron chi connectivity index (χ2n) is 9.69. The number of hydrogen-bond acceptors (Lipinski definition) is 7. The molecule has 0 spiro atoms. The minimum Gasteiger partial charge on any atom is -0.435 e. The summed E-state index contributed by atoms with van der Waals surface area (Å²) >= 11 is 0. The molecule has 0 unspecified atom stereocenters. The molecule has 5 N–H and O–H groups in total. The lowest BCUT2D eigenvalue weighted by atomic mass is 10.1. The van der Waals surface area contributed by atoms with Gasteiger partial charge in [-0.1, -0.05) is 18.7 Å². The lowest BCUT2D eigenvalue weighted by molar-refractivity contribution is 0.0997. The number of ether oxygens (including phenoxy) is 1. The van der Waals surface area contributed by atoms with Crippen LogP contribution in [0.3, 0.4) is 0 Å². The first-order valence-electron chi connectivity index (χ1n) is 12.9. The summed E-state index contributed by atoms with van der Waals surface area (Å²) in [5.74, 6) is -0.142. The van der Waals surface area contributed by atoms with Crippen LogP contribution in [-0.2, 0) is 13.0 Å². The minimum atomic E-state index is -0.711. The Morgan fingerprint density at radius 1 is 1.27 bits per heavy atom. The maximum Gasteiger partial charge on any atom is 0.254 e. The van der Waals surface area contributed by atoms with Gasteiger partial charge in [-0.2, -0.15) is 0 Å². The van der Waals surface area contributed by atoms with Gasteiger partial charge in [-0.15, -0.1) is 0 Å². The van der Waals surface area contributed by atoms with Crippen LogP contribution in [-0.4, -0.2) is 33.7 Å². The van der Waals surface area contributed by atoms with E-state index < -0.39 is 11.7 Å². The Balaban J connectivity index is 1.35. The summed E-state index contributed by atoms with van der Waals surface area (Å²) in [5.41, 5.74) is 16.2. The fourth-order valence-corrected chi connectivity index (χ4v) is 4.44. The molecule has 0 saturated heterocycles. The average Bonchev–Trinajstić information content (AvgIpc) is 3.70. The molecule has 10 heteroatoms. The van der Waals surface area contributed by atoms with Crippen molar-refractivity contribution < 1.29 is 13.9 Å². The number of carbonyl (C=O) groups is 1. The lowest BCUT2D eigenvalue weighted by Gasteiger charge is -2.13. The van der Waals surface area contributed by atoms with Gasteiger partial charge in [0.2, 0.25) is 11.8 Å². The fourth-order valence-electron chi connectivity index (χ4n) is 4.44. The Morgan fingerprint density at radius 2 is 2.10 bits per heavy atom. The number of halogens is 1. The molecule has 0 atom stereocenters. The number of aliphatic imine (C=N–C) groups is 1. The summed E-state index contributed by atoms with van der Waals surface area (Å²) in [6.07, 6.45) is 7.44. The van der Waals surface area contributed by atoms with Crippen molar-refractivity contribution in [3.8, 4) is 11.6 Å². The maximum atomic E-state index is 14.9. The van der Waals surface area contributed by atoms with Crippen LogP contribution in [0, 0.1) is 11.7 Å². The number of pyridine rings is 1. The predicted octanol–water partition coefficient (Wildman–Crippen LogP) is 5.04. The van der Waals surface area contributed by atoms with Crippen LogP contribution < -0.4 is 21.5 Å². The van der Waals surface area contributed by atoms with E-state index in [4.69, 9.17) is 21.2 Å². The van der Waals surface area contributed by atoms with Crippen LogP contribution in [0.4, 0.5) is 10.3 Å². The van der Waals surface area contributed by atoms with Crippen molar-refractivity contribution in [3.63, 3.8) is 0 Å². The molecular formula is C30H30FN7O2. The number of hydrogen-bond donors (Lipinski definition) is 3. The number of nitrogens with zero attached hydrogens (tertiary/aromatic N) is 4. The highest BCUT2D eigenvalue weighted by atomic mass is 19.1. The molecule has 204 valence electrons. The third-order valence-corrected chi connectivity index (χ3v) is 6.61. The molecule has 0 radical (unpaired) electrons. The molecule has 1 amide bonds. The highest BCUT2D eigenvalue weighted by molar-refractivity contribution is 6.10. The number of benzene rings is 2.